The fourth-order valence-electron chi connectivity index (χ4n) is 1.48. The van der Waals surface area contributed by atoms with E-state index in [9.17, 15) is 0 Å². The molecule has 0 saturated carbocycles. The second kappa shape index (κ2) is 18.2. The summed E-state index contributed by atoms with van der Waals surface area (Å²) in [6, 6.07) is 0. The topological polar surface area (TPSA) is 0 Å². The van der Waals surface area contributed by atoms with Gasteiger partial charge in [0.1, 0.15) is 0 Å². The first-order chi connectivity index (χ1) is 6.35. The largest absolute Gasteiger partial charge is 1.00 e. The molecule has 0 saturated heterocycles. The van der Waals surface area contributed by atoms with Gasteiger partial charge in [0.25, 0.3) is 0 Å². The summed E-state index contributed by atoms with van der Waals surface area (Å²) in [4.78, 5) is 0. The van der Waals surface area contributed by atoms with Gasteiger partial charge in [-0.1, -0.05) is 0 Å². The van der Waals surface area contributed by atoms with Crippen molar-refractivity contribution in [3.05, 3.63) is 0 Å². The Labute approximate surface area is 125 Å². The smallest absolute Gasteiger partial charge is 1.00 e. The van der Waals surface area contributed by atoms with Crippen molar-refractivity contribution in [1.82, 2.24) is 0 Å². The van der Waals surface area contributed by atoms with Crippen molar-refractivity contribution in [3.63, 3.8) is 0 Å². The zero-order valence-electron chi connectivity index (χ0n) is 10.6. The van der Waals surface area contributed by atoms with Gasteiger partial charge in [-0.15, -0.1) is 0 Å². The Morgan fingerprint density at radius 3 is 1.07 bits per heavy atom. The molecule has 0 amide bonds. The van der Waals surface area contributed by atoms with E-state index in [0.717, 1.165) is 0 Å². The number of halogens is 2. The van der Waals surface area contributed by atoms with Gasteiger partial charge >= 0.3 is 92.6 Å². The summed E-state index contributed by atoms with van der Waals surface area (Å²) >= 11 is -0.712. The molecule has 0 unspecified atom stereocenters. The first-order valence-corrected chi connectivity index (χ1v) is 11.5. The second-order valence-corrected chi connectivity index (χ2v) is 11.6. The van der Waals surface area contributed by atoms with Crippen LogP contribution in [0.5, 0.6) is 0 Å². The minimum atomic E-state index is -0.712. The van der Waals surface area contributed by atoms with Gasteiger partial charge in [-0.2, -0.15) is 0 Å². The molecule has 0 aromatic heterocycles. The first kappa shape index (κ1) is 22.0. The quantitative estimate of drug-likeness (QED) is 0.389. The van der Waals surface area contributed by atoms with E-state index < -0.39 is 20.2 Å². The normalized spacial score (nSPS) is 9.60. The molecule has 0 nitrogen and oxygen atoms in total. The van der Waals surface area contributed by atoms with E-state index in [1.54, 1.807) is 13.1 Å². The first-order valence-electron chi connectivity index (χ1n) is 6.07. The summed E-state index contributed by atoms with van der Waals surface area (Å²) < 4.78 is 5.00. The third-order valence-electron chi connectivity index (χ3n) is 2.48. The molecule has 0 heterocycles. The van der Waals surface area contributed by atoms with Crippen LogP contribution in [0.15, 0.2) is 0 Å². The van der Waals surface area contributed by atoms with E-state index in [1.807, 2.05) is 0 Å². The van der Waals surface area contributed by atoms with Gasteiger partial charge in [-0.05, 0) is 0 Å². The number of unbranched alkanes of at least 4 members (excludes halogenated alkanes) is 3. The van der Waals surface area contributed by atoms with Gasteiger partial charge in [0.2, 0.25) is 0 Å². The SMILES string of the molecule is CCC[CH2][Sb]([CH2]CCC)[CH2]CCC.[Br-].[Br-]. The average molecular weight is 453 g/mol. The van der Waals surface area contributed by atoms with Crippen molar-refractivity contribution in [2.45, 2.75) is 72.4 Å². The maximum Gasteiger partial charge on any atom is -1.00 e. The molecule has 0 bridgehead atoms. The molecule has 3 heteroatoms. The molecule has 0 rings (SSSR count). The average Bonchev–Trinajstić information content (AvgIpc) is 2.17. The summed E-state index contributed by atoms with van der Waals surface area (Å²) in [5.74, 6) is 0. The van der Waals surface area contributed by atoms with Crippen LogP contribution in [-0.4, -0.2) is 20.2 Å². The van der Waals surface area contributed by atoms with Crippen molar-refractivity contribution in [1.29, 1.82) is 0 Å². The minimum Gasteiger partial charge on any atom is -1.00 e. The van der Waals surface area contributed by atoms with Crippen molar-refractivity contribution in [2.75, 3.05) is 0 Å². The van der Waals surface area contributed by atoms with Crippen molar-refractivity contribution in [3.8, 4) is 0 Å². The van der Waals surface area contributed by atoms with Crippen LogP contribution in [0.2, 0.25) is 13.1 Å². The Kier molecular flexibility index (Phi) is 26.6. The molecular weight excluding hydrogens is 426 g/mol. The van der Waals surface area contributed by atoms with E-state index >= 15 is 0 Å². The summed E-state index contributed by atoms with van der Waals surface area (Å²) in [5.41, 5.74) is 0. The van der Waals surface area contributed by atoms with Crippen LogP contribution < -0.4 is 34.0 Å². The standard InChI is InChI=1S/3C4H9.2BrH.Sb/c3*1-3-4-2;;;/h3*1,3-4H2,2H3;2*1H;/p-2. The van der Waals surface area contributed by atoms with Gasteiger partial charge < -0.3 is 34.0 Å². The molecule has 0 atom stereocenters. The molecule has 0 aliphatic carbocycles. The molecule has 15 heavy (non-hydrogen) atoms. The van der Waals surface area contributed by atoms with Crippen LogP contribution in [0.25, 0.3) is 0 Å². The fourth-order valence-corrected chi connectivity index (χ4v) is 9.93. The van der Waals surface area contributed by atoms with E-state index in [1.165, 1.54) is 38.5 Å². The Bertz CT molecular complexity index is 80.6. The molecule has 0 aromatic rings. The van der Waals surface area contributed by atoms with Crippen molar-refractivity contribution in [2.24, 2.45) is 0 Å². The van der Waals surface area contributed by atoms with E-state index in [-0.39, 0.29) is 34.0 Å². The maximum atomic E-state index is 2.33. The molecule has 0 aromatic carbocycles. The van der Waals surface area contributed by atoms with Gasteiger partial charge in [-0.25, -0.2) is 0 Å². The van der Waals surface area contributed by atoms with Crippen LogP contribution in [0.1, 0.15) is 59.3 Å². The summed E-state index contributed by atoms with van der Waals surface area (Å²) in [7, 11) is 0. The Morgan fingerprint density at radius 1 is 0.600 bits per heavy atom. The van der Waals surface area contributed by atoms with Crippen LogP contribution in [0, 0.1) is 0 Å². The second-order valence-electron chi connectivity index (χ2n) is 3.90. The summed E-state index contributed by atoms with van der Waals surface area (Å²) in [6.45, 7) is 6.99. The van der Waals surface area contributed by atoms with Crippen LogP contribution in [0.4, 0.5) is 0 Å². The monoisotopic (exact) mass is 450 g/mol. The van der Waals surface area contributed by atoms with Crippen LogP contribution >= 0.6 is 0 Å². The number of rotatable bonds is 9. The molecular formula is C12H27Br2Sb-2. The Balaban J connectivity index is -0.000000720. The zero-order valence-corrected chi connectivity index (χ0v) is 16.3. The zero-order chi connectivity index (χ0) is 9.94. The van der Waals surface area contributed by atoms with Crippen molar-refractivity contribution >= 4 is 20.2 Å². The predicted molar refractivity (Wildman–Crippen MR) is 64.9 cm³/mol. The molecule has 0 fully saturated rings. The number of hydrogen-bond acceptors (Lipinski definition) is 0. The van der Waals surface area contributed by atoms with Gasteiger partial charge in [-0.3, -0.25) is 0 Å². The maximum absolute atomic E-state index is 2.33. The molecule has 0 spiro atoms. The van der Waals surface area contributed by atoms with Gasteiger partial charge in [0.15, 0.2) is 0 Å². The fraction of sp³-hybridized carbons (Fsp3) is 1.00. The molecule has 0 N–H and O–H groups in total. The molecule has 0 aliphatic rings. The number of hydrogen-bond donors (Lipinski definition) is 0. The molecule has 0 radical (unpaired) electrons. The van der Waals surface area contributed by atoms with E-state index in [2.05, 4.69) is 20.8 Å². The third kappa shape index (κ3) is 15.8. The predicted octanol–water partition coefficient (Wildman–Crippen LogP) is -1.11. The Hall–Kier alpha value is 1.78. The van der Waals surface area contributed by atoms with E-state index in [4.69, 9.17) is 0 Å². The van der Waals surface area contributed by atoms with E-state index in [0.29, 0.717) is 0 Å². The van der Waals surface area contributed by atoms with Gasteiger partial charge in [0.05, 0.1) is 0 Å². The van der Waals surface area contributed by atoms with Crippen LogP contribution in [-0.2, 0) is 0 Å². The van der Waals surface area contributed by atoms with Gasteiger partial charge in [0, 0.05) is 0 Å². The minimum absolute atomic E-state index is 0. The molecule has 0 aliphatic heterocycles. The Morgan fingerprint density at radius 2 is 0.867 bits per heavy atom. The third-order valence-corrected chi connectivity index (χ3v) is 10.6. The van der Waals surface area contributed by atoms with Crippen LogP contribution in [0.3, 0.4) is 0 Å². The molecule has 96 valence electrons. The summed E-state index contributed by atoms with van der Waals surface area (Å²) in [6.07, 6.45) is 8.82. The summed E-state index contributed by atoms with van der Waals surface area (Å²) in [5, 5.41) is 0. The van der Waals surface area contributed by atoms with Crippen molar-refractivity contribution < 1.29 is 34.0 Å².